The Morgan fingerprint density at radius 1 is 1.82 bits per heavy atom. The van der Waals surface area contributed by atoms with Crippen molar-refractivity contribution in [1.82, 2.24) is 0 Å². The van der Waals surface area contributed by atoms with Crippen molar-refractivity contribution in [2.75, 3.05) is 6.61 Å². The summed E-state index contributed by atoms with van der Waals surface area (Å²) in [6, 6.07) is 0. The first kappa shape index (κ1) is 7.98. The Hall–Kier alpha value is -1.12. The zero-order chi connectivity index (χ0) is 8.27. The van der Waals surface area contributed by atoms with Gasteiger partial charge in [0.1, 0.15) is 0 Å². The SMILES string of the molecule is CCOC(=O)C1=C(C)N=CC1. The first-order valence-corrected chi connectivity index (χ1v) is 3.65. The highest BCUT2D eigenvalue weighted by Crippen LogP contribution is 2.15. The molecular weight excluding hydrogens is 142 g/mol. The minimum absolute atomic E-state index is 0.234. The number of nitrogens with zero attached hydrogens (tertiary/aromatic N) is 1. The standard InChI is InChI=1S/C8H11NO2/c1-3-11-8(10)7-4-5-9-6(7)2/h5H,3-4H2,1-2H3. The number of hydrogen-bond acceptors (Lipinski definition) is 3. The molecule has 0 atom stereocenters. The molecule has 0 aromatic heterocycles. The molecule has 0 fully saturated rings. The number of rotatable bonds is 2. The van der Waals surface area contributed by atoms with E-state index < -0.39 is 0 Å². The molecule has 0 unspecified atom stereocenters. The van der Waals surface area contributed by atoms with Gasteiger partial charge in [-0.2, -0.15) is 0 Å². The van der Waals surface area contributed by atoms with Gasteiger partial charge in [-0.3, -0.25) is 4.99 Å². The molecule has 0 saturated carbocycles. The van der Waals surface area contributed by atoms with E-state index >= 15 is 0 Å². The minimum atomic E-state index is -0.234. The summed E-state index contributed by atoms with van der Waals surface area (Å²) in [5, 5.41) is 0. The van der Waals surface area contributed by atoms with E-state index in [-0.39, 0.29) is 5.97 Å². The van der Waals surface area contributed by atoms with Crippen LogP contribution in [0.3, 0.4) is 0 Å². The normalized spacial score (nSPS) is 15.8. The van der Waals surface area contributed by atoms with Crippen molar-refractivity contribution in [1.29, 1.82) is 0 Å². The smallest absolute Gasteiger partial charge is 0.336 e. The molecule has 1 aliphatic rings. The third kappa shape index (κ3) is 1.67. The molecule has 0 aliphatic carbocycles. The first-order chi connectivity index (χ1) is 5.25. The van der Waals surface area contributed by atoms with E-state index in [9.17, 15) is 4.79 Å². The number of allylic oxidation sites excluding steroid dienone is 1. The summed E-state index contributed by atoms with van der Waals surface area (Å²) in [4.78, 5) is 15.1. The Bertz CT molecular complexity index is 228. The van der Waals surface area contributed by atoms with Crippen LogP contribution in [-0.4, -0.2) is 18.8 Å². The largest absolute Gasteiger partial charge is 0.463 e. The van der Waals surface area contributed by atoms with Crippen LogP contribution in [0.15, 0.2) is 16.3 Å². The topological polar surface area (TPSA) is 38.7 Å². The van der Waals surface area contributed by atoms with E-state index in [1.807, 2.05) is 6.92 Å². The van der Waals surface area contributed by atoms with Gasteiger partial charge in [0.15, 0.2) is 0 Å². The highest BCUT2D eigenvalue weighted by atomic mass is 16.5. The molecule has 0 aromatic carbocycles. The van der Waals surface area contributed by atoms with Crippen LogP contribution in [0.5, 0.6) is 0 Å². The fourth-order valence-corrected chi connectivity index (χ4v) is 0.949. The third-order valence-corrected chi connectivity index (χ3v) is 1.54. The second-order valence-corrected chi connectivity index (χ2v) is 2.30. The summed E-state index contributed by atoms with van der Waals surface area (Å²) in [7, 11) is 0. The molecule has 0 amide bonds. The lowest BCUT2D eigenvalue weighted by Crippen LogP contribution is -2.07. The maximum atomic E-state index is 11.1. The summed E-state index contributed by atoms with van der Waals surface area (Å²) in [6.45, 7) is 4.04. The van der Waals surface area contributed by atoms with Crippen LogP contribution in [0.4, 0.5) is 0 Å². The number of carbonyl (C=O) groups excluding carboxylic acids is 1. The van der Waals surface area contributed by atoms with Crippen molar-refractivity contribution < 1.29 is 9.53 Å². The quantitative estimate of drug-likeness (QED) is 0.561. The van der Waals surface area contributed by atoms with Crippen molar-refractivity contribution in [3.8, 4) is 0 Å². The molecular formula is C8H11NO2. The van der Waals surface area contributed by atoms with Gasteiger partial charge in [-0.1, -0.05) is 0 Å². The molecule has 60 valence electrons. The van der Waals surface area contributed by atoms with E-state index in [2.05, 4.69) is 4.99 Å². The van der Waals surface area contributed by atoms with Crippen LogP contribution in [0.2, 0.25) is 0 Å². The fourth-order valence-electron chi connectivity index (χ4n) is 0.949. The lowest BCUT2D eigenvalue weighted by molar-refractivity contribution is -0.138. The minimum Gasteiger partial charge on any atom is -0.463 e. The molecule has 11 heavy (non-hydrogen) atoms. The summed E-state index contributed by atoms with van der Waals surface area (Å²) in [6.07, 6.45) is 2.34. The Kier molecular flexibility index (Phi) is 2.41. The van der Waals surface area contributed by atoms with Crippen LogP contribution >= 0.6 is 0 Å². The van der Waals surface area contributed by atoms with Gasteiger partial charge in [-0.05, 0) is 13.8 Å². The van der Waals surface area contributed by atoms with Crippen molar-refractivity contribution >= 4 is 12.2 Å². The number of ether oxygens (including phenoxy) is 1. The highest BCUT2D eigenvalue weighted by molar-refractivity contribution is 5.95. The predicted octanol–water partition coefficient (Wildman–Crippen LogP) is 1.30. The average Bonchev–Trinajstić information content (AvgIpc) is 2.36. The third-order valence-electron chi connectivity index (χ3n) is 1.54. The molecule has 0 N–H and O–H groups in total. The summed E-state index contributed by atoms with van der Waals surface area (Å²) in [5.74, 6) is -0.234. The van der Waals surface area contributed by atoms with E-state index in [0.717, 1.165) is 5.70 Å². The Morgan fingerprint density at radius 3 is 3.00 bits per heavy atom. The Morgan fingerprint density at radius 2 is 2.55 bits per heavy atom. The maximum absolute atomic E-state index is 11.1. The summed E-state index contributed by atoms with van der Waals surface area (Å²) in [5.41, 5.74) is 1.47. The predicted molar refractivity (Wildman–Crippen MR) is 42.4 cm³/mol. The first-order valence-electron chi connectivity index (χ1n) is 3.65. The van der Waals surface area contributed by atoms with Gasteiger partial charge in [0, 0.05) is 18.3 Å². The van der Waals surface area contributed by atoms with Gasteiger partial charge in [0.05, 0.1) is 12.2 Å². The van der Waals surface area contributed by atoms with Gasteiger partial charge in [-0.15, -0.1) is 0 Å². The molecule has 3 nitrogen and oxygen atoms in total. The number of aliphatic imine (C=N–C) groups is 1. The monoisotopic (exact) mass is 153 g/mol. The van der Waals surface area contributed by atoms with E-state index in [1.165, 1.54) is 0 Å². The molecule has 0 saturated heterocycles. The van der Waals surface area contributed by atoms with Gasteiger partial charge in [-0.25, -0.2) is 4.79 Å². The van der Waals surface area contributed by atoms with Crippen LogP contribution in [0.25, 0.3) is 0 Å². The lowest BCUT2D eigenvalue weighted by Gasteiger charge is -2.01. The second kappa shape index (κ2) is 3.32. The van der Waals surface area contributed by atoms with Crippen molar-refractivity contribution in [2.45, 2.75) is 20.3 Å². The Balaban J connectivity index is 2.62. The maximum Gasteiger partial charge on any atom is 0.336 e. The fraction of sp³-hybridized carbons (Fsp3) is 0.500. The molecule has 0 bridgehead atoms. The van der Waals surface area contributed by atoms with E-state index in [0.29, 0.717) is 18.6 Å². The lowest BCUT2D eigenvalue weighted by atomic mass is 10.2. The summed E-state index contributed by atoms with van der Waals surface area (Å²) < 4.78 is 4.82. The molecule has 1 heterocycles. The Labute approximate surface area is 65.8 Å². The van der Waals surface area contributed by atoms with Gasteiger partial charge in [0.25, 0.3) is 0 Å². The van der Waals surface area contributed by atoms with Gasteiger partial charge < -0.3 is 4.74 Å². The molecule has 1 aliphatic heterocycles. The second-order valence-electron chi connectivity index (χ2n) is 2.30. The summed E-state index contributed by atoms with van der Waals surface area (Å²) >= 11 is 0. The molecule has 3 heteroatoms. The molecule has 0 radical (unpaired) electrons. The highest BCUT2D eigenvalue weighted by Gasteiger charge is 2.15. The molecule has 0 aromatic rings. The zero-order valence-corrected chi connectivity index (χ0v) is 6.76. The van der Waals surface area contributed by atoms with Crippen molar-refractivity contribution in [3.05, 3.63) is 11.3 Å². The van der Waals surface area contributed by atoms with Gasteiger partial charge in [0.2, 0.25) is 0 Å². The number of hydrogen-bond donors (Lipinski definition) is 0. The van der Waals surface area contributed by atoms with Crippen molar-refractivity contribution in [2.24, 2.45) is 4.99 Å². The molecule has 1 rings (SSSR count). The number of esters is 1. The van der Waals surface area contributed by atoms with Crippen molar-refractivity contribution in [3.63, 3.8) is 0 Å². The van der Waals surface area contributed by atoms with Crippen LogP contribution in [-0.2, 0) is 9.53 Å². The van der Waals surface area contributed by atoms with E-state index in [4.69, 9.17) is 4.74 Å². The molecule has 0 spiro atoms. The van der Waals surface area contributed by atoms with E-state index in [1.54, 1.807) is 13.1 Å². The van der Waals surface area contributed by atoms with Crippen LogP contribution in [0, 0.1) is 0 Å². The average molecular weight is 153 g/mol. The van der Waals surface area contributed by atoms with Crippen LogP contribution in [0.1, 0.15) is 20.3 Å². The van der Waals surface area contributed by atoms with Crippen LogP contribution < -0.4 is 0 Å². The van der Waals surface area contributed by atoms with Gasteiger partial charge >= 0.3 is 5.97 Å². The zero-order valence-electron chi connectivity index (χ0n) is 6.76. The number of carbonyl (C=O) groups is 1.